The first kappa shape index (κ1) is 14.2. The number of anilines is 1. The van der Waals surface area contributed by atoms with Crippen molar-refractivity contribution in [1.29, 1.82) is 5.26 Å². The molecule has 96 valence electrons. The second-order valence-corrected chi connectivity index (χ2v) is 6.20. The highest BCUT2D eigenvalue weighted by Crippen LogP contribution is 2.09. The number of nitrogens with one attached hydrogen (secondary N) is 1. The zero-order valence-electron chi connectivity index (χ0n) is 10.0. The van der Waals surface area contributed by atoms with Gasteiger partial charge in [-0.25, -0.2) is 8.42 Å². The molecule has 0 radical (unpaired) electrons. The van der Waals surface area contributed by atoms with Gasteiger partial charge in [-0.3, -0.25) is 4.79 Å². The molecule has 0 unspecified atom stereocenters. The Morgan fingerprint density at radius 2 is 1.94 bits per heavy atom. The second-order valence-electron chi connectivity index (χ2n) is 3.72. The monoisotopic (exact) mass is 266 g/mol. The molecule has 1 rings (SSSR count). The maximum absolute atomic E-state index is 11.5. The van der Waals surface area contributed by atoms with Crippen molar-refractivity contribution in [3.8, 4) is 6.07 Å². The van der Waals surface area contributed by atoms with Gasteiger partial charge in [0.05, 0.1) is 17.4 Å². The summed E-state index contributed by atoms with van der Waals surface area (Å²) in [7, 11) is -3.12. The normalized spacial score (nSPS) is 10.7. The van der Waals surface area contributed by atoms with E-state index in [1.54, 1.807) is 31.2 Å². The minimum absolute atomic E-state index is 0.0388. The van der Waals surface area contributed by atoms with E-state index < -0.39 is 9.84 Å². The van der Waals surface area contributed by atoms with Crippen LogP contribution in [0.1, 0.15) is 18.9 Å². The number of hydrogen-bond donors (Lipinski definition) is 1. The van der Waals surface area contributed by atoms with Crippen LogP contribution in [0.3, 0.4) is 0 Å². The van der Waals surface area contributed by atoms with Crippen LogP contribution in [-0.2, 0) is 14.6 Å². The maximum atomic E-state index is 11.5. The fourth-order valence-corrected chi connectivity index (χ4v) is 2.03. The first-order chi connectivity index (χ1) is 8.46. The highest BCUT2D eigenvalue weighted by Gasteiger charge is 2.11. The van der Waals surface area contributed by atoms with E-state index in [0.29, 0.717) is 11.3 Å². The van der Waals surface area contributed by atoms with Gasteiger partial charge in [0.15, 0.2) is 9.84 Å². The molecule has 0 aliphatic carbocycles. The van der Waals surface area contributed by atoms with Gasteiger partial charge in [0.25, 0.3) is 0 Å². The highest BCUT2D eigenvalue weighted by molar-refractivity contribution is 7.91. The number of nitriles is 1. The maximum Gasteiger partial charge on any atom is 0.225 e. The molecule has 0 spiro atoms. The van der Waals surface area contributed by atoms with E-state index in [0.717, 1.165) is 0 Å². The average Bonchev–Trinajstić information content (AvgIpc) is 2.37. The van der Waals surface area contributed by atoms with Crippen molar-refractivity contribution in [2.75, 3.05) is 16.8 Å². The number of nitrogens with zero attached hydrogens (tertiary/aromatic N) is 1. The van der Waals surface area contributed by atoms with Crippen molar-refractivity contribution < 1.29 is 13.2 Å². The van der Waals surface area contributed by atoms with Crippen LogP contribution in [0.4, 0.5) is 5.69 Å². The SMILES string of the molecule is CCS(=O)(=O)CCC(=O)Nc1ccc(C#N)cc1. The van der Waals surface area contributed by atoms with Crippen LogP contribution in [0.2, 0.25) is 0 Å². The van der Waals surface area contributed by atoms with Gasteiger partial charge in [0.1, 0.15) is 0 Å². The lowest BCUT2D eigenvalue weighted by Gasteiger charge is -2.05. The summed E-state index contributed by atoms with van der Waals surface area (Å²) >= 11 is 0. The van der Waals surface area contributed by atoms with Crippen LogP contribution in [0.15, 0.2) is 24.3 Å². The number of rotatable bonds is 5. The quantitative estimate of drug-likeness (QED) is 0.870. The molecule has 6 heteroatoms. The molecule has 1 N–H and O–H groups in total. The lowest BCUT2D eigenvalue weighted by atomic mass is 10.2. The minimum Gasteiger partial charge on any atom is -0.326 e. The topological polar surface area (TPSA) is 87.0 Å². The van der Waals surface area contributed by atoms with Crippen LogP contribution in [0, 0.1) is 11.3 Å². The summed E-state index contributed by atoms with van der Waals surface area (Å²) in [6.07, 6.45) is -0.0594. The van der Waals surface area contributed by atoms with E-state index in [1.807, 2.05) is 6.07 Å². The van der Waals surface area contributed by atoms with Gasteiger partial charge in [-0.2, -0.15) is 5.26 Å². The zero-order valence-corrected chi connectivity index (χ0v) is 10.8. The van der Waals surface area contributed by atoms with Gasteiger partial charge in [0, 0.05) is 17.9 Å². The van der Waals surface area contributed by atoms with E-state index in [1.165, 1.54) is 0 Å². The molecule has 0 aliphatic heterocycles. The molecule has 0 atom stereocenters. The third-order valence-corrected chi connectivity index (χ3v) is 4.08. The number of carbonyl (C=O) groups is 1. The van der Waals surface area contributed by atoms with E-state index >= 15 is 0 Å². The van der Waals surface area contributed by atoms with Gasteiger partial charge in [0.2, 0.25) is 5.91 Å². The number of hydrogen-bond acceptors (Lipinski definition) is 4. The Bertz CT molecular complexity index is 556. The Kier molecular flexibility index (Phi) is 4.86. The van der Waals surface area contributed by atoms with Crippen molar-refractivity contribution >= 4 is 21.4 Å². The first-order valence-electron chi connectivity index (χ1n) is 5.47. The Labute approximate surface area is 106 Å². The van der Waals surface area contributed by atoms with Crippen molar-refractivity contribution in [3.05, 3.63) is 29.8 Å². The van der Waals surface area contributed by atoms with Gasteiger partial charge in [-0.1, -0.05) is 6.92 Å². The fraction of sp³-hybridized carbons (Fsp3) is 0.333. The highest BCUT2D eigenvalue weighted by atomic mass is 32.2. The number of benzene rings is 1. The van der Waals surface area contributed by atoms with Crippen LogP contribution >= 0.6 is 0 Å². The molecule has 1 amide bonds. The molecule has 5 nitrogen and oxygen atoms in total. The summed E-state index contributed by atoms with van der Waals surface area (Å²) < 4.78 is 22.4. The van der Waals surface area contributed by atoms with Crippen molar-refractivity contribution in [1.82, 2.24) is 0 Å². The van der Waals surface area contributed by atoms with E-state index in [4.69, 9.17) is 5.26 Å². The molecular formula is C12H14N2O3S. The van der Waals surface area contributed by atoms with Crippen molar-refractivity contribution in [2.24, 2.45) is 0 Å². The molecule has 0 heterocycles. The molecule has 0 bridgehead atoms. The van der Waals surface area contributed by atoms with Crippen LogP contribution < -0.4 is 5.32 Å². The Morgan fingerprint density at radius 3 is 2.44 bits per heavy atom. The molecule has 0 fully saturated rings. The van der Waals surface area contributed by atoms with E-state index in [-0.39, 0.29) is 23.8 Å². The summed E-state index contributed by atoms with van der Waals surface area (Å²) in [5.41, 5.74) is 1.05. The largest absolute Gasteiger partial charge is 0.326 e. The predicted molar refractivity (Wildman–Crippen MR) is 68.7 cm³/mol. The zero-order chi connectivity index (χ0) is 13.6. The van der Waals surface area contributed by atoms with Crippen LogP contribution in [0.5, 0.6) is 0 Å². The van der Waals surface area contributed by atoms with Crippen molar-refractivity contribution in [2.45, 2.75) is 13.3 Å². The van der Waals surface area contributed by atoms with Gasteiger partial charge < -0.3 is 5.32 Å². The molecule has 0 aliphatic rings. The standard InChI is InChI=1S/C12H14N2O3S/c1-2-18(16,17)8-7-12(15)14-11-5-3-10(9-13)4-6-11/h3-6H,2,7-8H2,1H3,(H,14,15). The smallest absolute Gasteiger partial charge is 0.225 e. The minimum atomic E-state index is -3.12. The Hall–Kier alpha value is -1.87. The number of amides is 1. The van der Waals surface area contributed by atoms with Gasteiger partial charge >= 0.3 is 0 Å². The number of sulfone groups is 1. The number of carbonyl (C=O) groups excluding carboxylic acids is 1. The summed E-state index contributed by atoms with van der Waals surface area (Å²) in [5.74, 6) is -0.459. The lowest BCUT2D eigenvalue weighted by molar-refractivity contribution is -0.115. The molecule has 0 saturated heterocycles. The van der Waals surface area contributed by atoms with Gasteiger partial charge in [-0.15, -0.1) is 0 Å². The van der Waals surface area contributed by atoms with Crippen molar-refractivity contribution in [3.63, 3.8) is 0 Å². The van der Waals surface area contributed by atoms with E-state index in [9.17, 15) is 13.2 Å². The van der Waals surface area contributed by atoms with Crippen LogP contribution in [-0.4, -0.2) is 25.8 Å². The molecule has 0 saturated carbocycles. The first-order valence-corrected chi connectivity index (χ1v) is 7.29. The van der Waals surface area contributed by atoms with Gasteiger partial charge in [-0.05, 0) is 24.3 Å². The summed E-state index contributed by atoms with van der Waals surface area (Å²) in [4.78, 5) is 11.5. The third kappa shape index (κ3) is 4.55. The second kappa shape index (κ2) is 6.17. The molecule has 1 aromatic carbocycles. The molecular weight excluding hydrogens is 252 g/mol. The van der Waals surface area contributed by atoms with Crippen LogP contribution in [0.25, 0.3) is 0 Å². The Morgan fingerprint density at radius 1 is 1.33 bits per heavy atom. The molecule has 0 aromatic heterocycles. The van der Waals surface area contributed by atoms with E-state index in [2.05, 4.69) is 5.32 Å². The Balaban J connectivity index is 2.52. The summed E-state index contributed by atoms with van der Waals surface area (Å²) in [6, 6.07) is 8.34. The molecule has 1 aromatic rings. The predicted octanol–water partition coefficient (Wildman–Crippen LogP) is 1.32. The average molecular weight is 266 g/mol. The fourth-order valence-electron chi connectivity index (χ4n) is 1.24. The summed E-state index contributed by atoms with van der Waals surface area (Å²) in [6.45, 7) is 1.55. The lowest BCUT2D eigenvalue weighted by Crippen LogP contribution is -2.18. The summed E-state index contributed by atoms with van der Waals surface area (Å²) in [5, 5.41) is 11.2. The third-order valence-electron chi connectivity index (χ3n) is 2.38. The molecule has 18 heavy (non-hydrogen) atoms.